The highest BCUT2D eigenvalue weighted by Gasteiger charge is 2.40. The van der Waals surface area contributed by atoms with Crippen LogP contribution in [0.4, 0.5) is 13.2 Å². The zero-order valence-corrected chi connectivity index (χ0v) is 17.9. The zero-order valence-electron chi connectivity index (χ0n) is 17.1. The summed E-state index contributed by atoms with van der Waals surface area (Å²) in [6, 6.07) is 15.4. The third kappa shape index (κ3) is 3.76. The highest BCUT2D eigenvalue weighted by atomic mass is 32.2. The largest absolute Gasteiger partial charge is 0.433 e. The molecule has 7 heteroatoms. The number of halogens is 3. The van der Waals surface area contributed by atoms with E-state index in [1.54, 1.807) is 0 Å². The Balaban J connectivity index is 1.52. The molecule has 0 atom stereocenters. The molecule has 2 heterocycles. The number of hydrogen-bond donors (Lipinski definition) is 0. The first-order valence-electron chi connectivity index (χ1n) is 10.1. The maximum Gasteiger partial charge on any atom is 0.433 e. The van der Waals surface area contributed by atoms with Crippen LogP contribution < -0.4 is 0 Å². The quantitative estimate of drug-likeness (QED) is 0.291. The molecule has 0 unspecified atom stereocenters. The summed E-state index contributed by atoms with van der Waals surface area (Å²) in [4.78, 5) is 13.4. The Kier molecular flexibility index (Phi) is 4.70. The van der Waals surface area contributed by atoms with Crippen LogP contribution in [0.1, 0.15) is 41.8 Å². The molecule has 0 saturated carbocycles. The molecular weight excluding hydrogens is 419 g/mol. The first-order chi connectivity index (χ1) is 14.7. The maximum atomic E-state index is 13.8. The van der Waals surface area contributed by atoms with Gasteiger partial charge in [-0.25, -0.2) is 9.97 Å². The van der Waals surface area contributed by atoms with Crippen LogP contribution in [0, 0.1) is 0 Å². The summed E-state index contributed by atoms with van der Waals surface area (Å²) >= 11 is 1.21. The van der Waals surface area contributed by atoms with Crippen LogP contribution in [0.3, 0.4) is 0 Å². The fourth-order valence-corrected chi connectivity index (χ4v) is 5.18. The minimum absolute atomic E-state index is 0.131. The van der Waals surface area contributed by atoms with Crippen molar-refractivity contribution in [2.75, 3.05) is 5.75 Å². The molecule has 0 radical (unpaired) electrons. The van der Waals surface area contributed by atoms with Crippen LogP contribution in [-0.2, 0) is 19.0 Å². The van der Waals surface area contributed by atoms with Crippen molar-refractivity contribution < 1.29 is 13.2 Å². The standard InChI is InChI=1S/C24H20F3N3S/c1-23(2)12-15-8-4-5-9-16(15)19(30-23)13-31-22-28-20-17-10-6-3-7-14(17)11-18(20)21(29-22)24(25,26)27/h3-10H,11-13H2,1-2H3. The zero-order chi connectivity index (χ0) is 21.8. The Hall–Kier alpha value is -2.67. The molecule has 0 bridgehead atoms. The molecule has 5 rings (SSSR count). The van der Waals surface area contributed by atoms with Gasteiger partial charge in [0.25, 0.3) is 0 Å². The Morgan fingerprint density at radius 2 is 1.61 bits per heavy atom. The summed E-state index contributed by atoms with van der Waals surface area (Å²) in [5.41, 5.74) is 4.22. The van der Waals surface area contributed by atoms with E-state index in [1.165, 1.54) is 17.3 Å². The second-order valence-corrected chi connectivity index (χ2v) is 9.45. The summed E-state index contributed by atoms with van der Waals surface area (Å²) in [5.74, 6) is 0.415. The van der Waals surface area contributed by atoms with Gasteiger partial charge >= 0.3 is 6.18 Å². The molecule has 158 valence electrons. The second-order valence-electron chi connectivity index (χ2n) is 8.51. The minimum atomic E-state index is -4.53. The van der Waals surface area contributed by atoms with Crippen molar-refractivity contribution in [2.24, 2.45) is 4.99 Å². The van der Waals surface area contributed by atoms with Gasteiger partial charge < -0.3 is 0 Å². The lowest BCUT2D eigenvalue weighted by molar-refractivity contribution is -0.142. The van der Waals surface area contributed by atoms with Crippen LogP contribution in [0.25, 0.3) is 11.3 Å². The SMILES string of the molecule is CC1(C)Cc2ccccc2C(CSc2nc3c(c(C(F)(F)F)n2)Cc2ccccc2-3)=N1. The number of aromatic nitrogens is 2. The number of rotatable bonds is 3. The van der Waals surface area contributed by atoms with E-state index >= 15 is 0 Å². The number of nitrogens with zero attached hydrogens (tertiary/aromatic N) is 3. The van der Waals surface area contributed by atoms with Crippen LogP contribution in [0.2, 0.25) is 0 Å². The number of benzene rings is 2. The Morgan fingerprint density at radius 1 is 0.935 bits per heavy atom. The van der Waals surface area contributed by atoms with Crippen molar-refractivity contribution in [1.82, 2.24) is 9.97 Å². The molecule has 0 saturated heterocycles. The van der Waals surface area contributed by atoms with E-state index in [2.05, 4.69) is 29.9 Å². The first kappa shape index (κ1) is 20.2. The van der Waals surface area contributed by atoms with Gasteiger partial charge in [0, 0.05) is 23.3 Å². The van der Waals surface area contributed by atoms with Crippen LogP contribution in [0.15, 0.2) is 58.7 Å². The first-order valence-corrected chi connectivity index (χ1v) is 11.1. The molecule has 3 aromatic rings. The average molecular weight is 440 g/mol. The third-order valence-corrected chi connectivity index (χ3v) is 6.48. The fourth-order valence-electron chi connectivity index (χ4n) is 4.38. The van der Waals surface area contributed by atoms with Gasteiger partial charge in [-0.05, 0) is 37.0 Å². The van der Waals surface area contributed by atoms with Crippen LogP contribution in [-0.4, -0.2) is 27.0 Å². The van der Waals surface area contributed by atoms with Crippen molar-refractivity contribution in [2.45, 2.75) is 43.6 Å². The summed E-state index contributed by atoms with van der Waals surface area (Å²) in [7, 11) is 0. The van der Waals surface area contributed by atoms with Crippen molar-refractivity contribution >= 4 is 17.5 Å². The van der Waals surface area contributed by atoms with E-state index in [9.17, 15) is 13.2 Å². The molecule has 1 aliphatic heterocycles. The summed E-state index contributed by atoms with van der Waals surface area (Å²) < 4.78 is 41.5. The predicted molar refractivity (Wildman–Crippen MR) is 117 cm³/mol. The number of fused-ring (bicyclic) bond motifs is 4. The van der Waals surface area contributed by atoms with E-state index in [1.807, 2.05) is 42.5 Å². The van der Waals surface area contributed by atoms with Crippen molar-refractivity contribution in [1.29, 1.82) is 0 Å². The molecule has 2 aromatic carbocycles. The highest BCUT2D eigenvalue weighted by Crippen LogP contribution is 2.42. The predicted octanol–water partition coefficient (Wildman–Crippen LogP) is 5.98. The van der Waals surface area contributed by atoms with Gasteiger partial charge in [-0.1, -0.05) is 60.3 Å². The van der Waals surface area contributed by atoms with E-state index in [0.29, 0.717) is 11.4 Å². The molecule has 0 spiro atoms. The van der Waals surface area contributed by atoms with Crippen LogP contribution >= 0.6 is 11.8 Å². The molecule has 31 heavy (non-hydrogen) atoms. The van der Waals surface area contributed by atoms with Gasteiger partial charge in [0.15, 0.2) is 10.9 Å². The monoisotopic (exact) mass is 439 g/mol. The van der Waals surface area contributed by atoms with Gasteiger partial charge in [0.05, 0.1) is 16.9 Å². The lowest BCUT2D eigenvalue weighted by Gasteiger charge is -2.29. The van der Waals surface area contributed by atoms with Crippen molar-refractivity contribution in [3.8, 4) is 11.3 Å². The average Bonchev–Trinajstić information content (AvgIpc) is 3.08. The minimum Gasteiger partial charge on any atom is -0.282 e. The van der Waals surface area contributed by atoms with E-state index < -0.39 is 11.9 Å². The Bertz CT molecular complexity index is 1210. The molecular formula is C24H20F3N3S. The third-order valence-electron chi connectivity index (χ3n) is 5.62. The van der Waals surface area contributed by atoms with E-state index in [-0.39, 0.29) is 22.7 Å². The van der Waals surface area contributed by atoms with Gasteiger partial charge in [-0.2, -0.15) is 13.2 Å². The smallest absolute Gasteiger partial charge is 0.282 e. The van der Waals surface area contributed by atoms with Gasteiger partial charge in [-0.15, -0.1) is 0 Å². The summed E-state index contributed by atoms with van der Waals surface area (Å²) in [6.45, 7) is 4.14. The lowest BCUT2D eigenvalue weighted by atomic mass is 9.87. The topological polar surface area (TPSA) is 38.1 Å². The molecule has 1 aliphatic carbocycles. The van der Waals surface area contributed by atoms with E-state index in [0.717, 1.165) is 28.8 Å². The summed E-state index contributed by atoms with van der Waals surface area (Å²) in [5, 5.41) is 0.131. The second kappa shape index (κ2) is 7.19. The lowest BCUT2D eigenvalue weighted by Crippen LogP contribution is -2.29. The highest BCUT2D eigenvalue weighted by molar-refractivity contribution is 7.99. The van der Waals surface area contributed by atoms with Gasteiger partial charge in [-0.3, -0.25) is 4.99 Å². The number of aliphatic imine (C=N–C) groups is 1. The molecule has 3 nitrogen and oxygen atoms in total. The maximum absolute atomic E-state index is 13.8. The van der Waals surface area contributed by atoms with Crippen LogP contribution in [0.5, 0.6) is 0 Å². The number of hydrogen-bond acceptors (Lipinski definition) is 4. The van der Waals surface area contributed by atoms with E-state index in [4.69, 9.17) is 4.99 Å². The van der Waals surface area contributed by atoms with Gasteiger partial charge in [0.2, 0.25) is 0 Å². The van der Waals surface area contributed by atoms with Gasteiger partial charge in [0.1, 0.15) is 0 Å². The fraction of sp³-hybridized carbons (Fsp3) is 0.292. The Labute approximate surface area is 182 Å². The molecule has 1 aromatic heterocycles. The normalized spacial score (nSPS) is 16.4. The Morgan fingerprint density at radius 3 is 2.35 bits per heavy atom. The van der Waals surface area contributed by atoms with Crippen molar-refractivity contribution in [3.05, 3.63) is 76.5 Å². The van der Waals surface area contributed by atoms with Crippen molar-refractivity contribution in [3.63, 3.8) is 0 Å². The molecule has 0 amide bonds. The molecule has 0 fully saturated rings. The molecule has 2 aliphatic rings. The number of thioether (sulfide) groups is 1. The summed E-state index contributed by atoms with van der Waals surface area (Å²) in [6.07, 6.45) is -3.48. The number of alkyl halides is 3. The molecule has 0 N–H and O–H groups in total.